The molecule has 142 valence electrons. The van der Waals surface area contributed by atoms with Gasteiger partial charge >= 0.3 is 5.97 Å². The highest BCUT2D eigenvalue weighted by atomic mass is 19.1. The minimum absolute atomic E-state index is 0.227. The number of halogens is 1. The van der Waals surface area contributed by atoms with Crippen molar-refractivity contribution in [3.8, 4) is 0 Å². The fraction of sp³-hybridized carbons (Fsp3) is 0.409. The Bertz CT molecular complexity index is 816. The average Bonchev–Trinajstić information content (AvgIpc) is 3.01. The van der Waals surface area contributed by atoms with E-state index in [1.807, 2.05) is 36.4 Å². The summed E-state index contributed by atoms with van der Waals surface area (Å²) < 4.78 is 19.8. The first-order valence-electron chi connectivity index (χ1n) is 9.48. The normalized spacial score (nSPS) is 19.7. The number of fused-ring (bicyclic) bond motifs is 2. The Morgan fingerprint density at radius 1 is 1.19 bits per heavy atom. The summed E-state index contributed by atoms with van der Waals surface area (Å²) in [6.07, 6.45) is 2.06. The summed E-state index contributed by atoms with van der Waals surface area (Å²) in [6.45, 7) is 2.57. The van der Waals surface area contributed by atoms with Crippen LogP contribution in [0.15, 0.2) is 48.5 Å². The third-order valence-electron chi connectivity index (χ3n) is 5.88. The van der Waals surface area contributed by atoms with Gasteiger partial charge in [0.2, 0.25) is 0 Å². The maximum absolute atomic E-state index is 13.7. The lowest BCUT2D eigenvalue weighted by Crippen LogP contribution is -2.45. The molecule has 2 heterocycles. The maximum Gasteiger partial charge on any atom is 0.308 e. The summed E-state index contributed by atoms with van der Waals surface area (Å²) in [5.41, 5.74) is 2.67. The van der Waals surface area contributed by atoms with Crippen molar-refractivity contribution >= 4 is 5.97 Å². The topological polar surface area (TPSA) is 49.8 Å². The number of benzene rings is 2. The van der Waals surface area contributed by atoms with Crippen LogP contribution in [0.1, 0.15) is 29.5 Å². The van der Waals surface area contributed by atoms with Crippen molar-refractivity contribution in [2.75, 3.05) is 19.6 Å². The standard InChI is InChI=1S/C22H24FNO3/c23-19-7-6-17-15-27-22(20(17)13-19)8-10-24(11-9-22)14-18(21(25)26)12-16-4-2-1-3-5-16/h1-7,13,18H,8-12,14-15H2,(H,25,26). The van der Waals surface area contributed by atoms with Crippen molar-refractivity contribution in [1.82, 2.24) is 4.90 Å². The first-order valence-corrected chi connectivity index (χ1v) is 9.48. The zero-order valence-electron chi connectivity index (χ0n) is 15.2. The number of rotatable bonds is 5. The molecule has 1 atom stereocenters. The number of likely N-dealkylation sites (tertiary alicyclic amines) is 1. The number of nitrogens with zero attached hydrogens (tertiary/aromatic N) is 1. The van der Waals surface area contributed by atoms with Crippen LogP contribution in [0.2, 0.25) is 0 Å². The minimum atomic E-state index is -0.760. The number of hydrogen-bond acceptors (Lipinski definition) is 3. The van der Waals surface area contributed by atoms with Gasteiger partial charge in [-0.25, -0.2) is 4.39 Å². The number of aliphatic carboxylic acids is 1. The van der Waals surface area contributed by atoms with Gasteiger partial charge in [-0.2, -0.15) is 0 Å². The van der Waals surface area contributed by atoms with Crippen LogP contribution in [-0.4, -0.2) is 35.6 Å². The van der Waals surface area contributed by atoms with E-state index in [4.69, 9.17) is 4.74 Å². The van der Waals surface area contributed by atoms with E-state index in [1.54, 1.807) is 6.07 Å². The second-order valence-corrected chi connectivity index (χ2v) is 7.61. The molecule has 2 aliphatic rings. The van der Waals surface area contributed by atoms with Crippen LogP contribution in [0.5, 0.6) is 0 Å². The molecule has 0 aromatic heterocycles. The van der Waals surface area contributed by atoms with Crippen molar-refractivity contribution in [3.05, 3.63) is 71.0 Å². The molecule has 0 aliphatic carbocycles. The summed E-state index contributed by atoms with van der Waals surface area (Å²) >= 11 is 0. The Hall–Kier alpha value is -2.24. The third-order valence-corrected chi connectivity index (χ3v) is 5.88. The van der Waals surface area contributed by atoms with E-state index in [1.165, 1.54) is 6.07 Å². The van der Waals surface area contributed by atoms with E-state index in [0.29, 0.717) is 19.6 Å². The van der Waals surface area contributed by atoms with Crippen molar-refractivity contribution in [3.63, 3.8) is 0 Å². The van der Waals surface area contributed by atoms with Gasteiger partial charge in [-0.1, -0.05) is 36.4 Å². The number of carboxylic acids is 1. The average molecular weight is 369 g/mol. The van der Waals surface area contributed by atoms with Crippen LogP contribution in [0, 0.1) is 11.7 Å². The van der Waals surface area contributed by atoms with Gasteiger partial charge in [-0.15, -0.1) is 0 Å². The molecule has 0 amide bonds. The largest absolute Gasteiger partial charge is 0.481 e. The second kappa shape index (κ2) is 7.41. The molecule has 4 nitrogen and oxygen atoms in total. The maximum atomic E-state index is 13.7. The molecule has 5 heteroatoms. The molecule has 2 aromatic rings. The van der Waals surface area contributed by atoms with Crippen molar-refractivity contribution in [2.24, 2.45) is 5.92 Å². The number of carboxylic acid groups (broad SMARTS) is 1. The Morgan fingerprint density at radius 2 is 1.93 bits per heavy atom. The summed E-state index contributed by atoms with van der Waals surface area (Å²) in [4.78, 5) is 13.9. The predicted molar refractivity (Wildman–Crippen MR) is 99.8 cm³/mol. The molecule has 4 rings (SSSR count). The molecular formula is C22H24FNO3. The molecule has 1 fully saturated rings. The molecule has 27 heavy (non-hydrogen) atoms. The third kappa shape index (κ3) is 3.75. The molecule has 2 aromatic carbocycles. The van der Waals surface area contributed by atoms with Gasteiger partial charge in [-0.3, -0.25) is 4.79 Å². The molecule has 1 unspecified atom stereocenters. The quantitative estimate of drug-likeness (QED) is 0.875. The van der Waals surface area contributed by atoms with Crippen molar-refractivity contribution < 1.29 is 19.0 Å². The molecule has 2 aliphatic heterocycles. The van der Waals surface area contributed by atoms with E-state index >= 15 is 0 Å². The summed E-state index contributed by atoms with van der Waals surface area (Å²) in [5.74, 6) is -1.42. The van der Waals surface area contributed by atoms with Crippen LogP contribution >= 0.6 is 0 Å². The van der Waals surface area contributed by atoms with Crippen LogP contribution in [-0.2, 0) is 28.2 Å². The highest BCUT2D eigenvalue weighted by molar-refractivity contribution is 5.70. The molecule has 1 spiro atoms. The molecule has 0 radical (unpaired) electrons. The number of piperidine rings is 1. The van der Waals surface area contributed by atoms with E-state index in [-0.39, 0.29) is 5.82 Å². The van der Waals surface area contributed by atoms with Crippen LogP contribution in [0.4, 0.5) is 4.39 Å². The van der Waals surface area contributed by atoms with E-state index in [2.05, 4.69) is 4.90 Å². The first kappa shape index (κ1) is 18.1. The molecule has 0 saturated carbocycles. The fourth-order valence-corrected chi connectivity index (χ4v) is 4.34. The van der Waals surface area contributed by atoms with Gasteiger partial charge < -0.3 is 14.7 Å². The zero-order valence-corrected chi connectivity index (χ0v) is 15.2. The highest BCUT2D eigenvalue weighted by Gasteiger charge is 2.43. The molecule has 1 N–H and O–H groups in total. The SMILES string of the molecule is O=C(O)C(Cc1ccccc1)CN1CCC2(CC1)OCc1ccc(F)cc12. The predicted octanol–water partition coefficient (Wildman–Crippen LogP) is 3.59. The van der Waals surface area contributed by atoms with Crippen molar-refractivity contribution in [2.45, 2.75) is 31.5 Å². The second-order valence-electron chi connectivity index (χ2n) is 7.61. The zero-order chi connectivity index (χ0) is 18.9. The minimum Gasteiger partial charge on any atom is -0.481 e. The Labute approximate surface area is 158 Å². The van der Waals surface area contributed by atoms with E-state index in [9.17, 15) is 14.3 Å². The number of ether oxygens (including phenoxy) is 1. The Morgan fingerprint density at radius 3 is 2.63 bits per heavy atom. The molecule has 0 bridgehead atoms. The molecule has 1 saturated heterocycles. The van der Waals surface area contributed by atoms with Gasteiger partial charge in [0.15, 0.2) is 0 Å². The van der Waals surface area contributed by atoms with Gasteiger partial charge in [0, 0.05) is 19.6 Å². The smallest absolute Gasteiger partial charge is 0.308 e. The van der Waals surface area contributed by atoms with Gasteiger partial charge in [0.05, 0.1) is 18.1 Å². The van der Waals surface area contributed by atoms with Gasteiger partial charge in [0.1, 0.15) is 5.82 Å². The lowest BCUT2D eigenvalue weighted by Gasteiger charge is -2.40. The Kier molecular flexibility index (Phi) is 4.98. The lowest BCUT2D eigenvalue weighted by atomic mass is 9.83. The van der Waals surface area contributed by atoms with E-state index < -0.39 is 17.5 Å². The summed E-state index contributed by atoms with van der Waals surface area (Å²) in [7, 11) is 0. The number of hydrogen-bond donors (Lipinski definition) is 1. The first-order chi connectivity index (χ1) is 13.1. The van der Waals surface area contributed by atoms with Gasteiger partial charge in [-0.05, 0) is 48.1 Å². The summed E-state index contributed by atoms with van der Waals surface area (Å²) in [6, 6.07) is 14.7. The highest BCUT2D eigenvalue weighted by Crippen LogP contribution is 2.44. The van der Waals surface area contributed by atoms with Crippen LogP contribution in [0.25, 0.3) is 0 Å². The van der Waals surface area contributed by atoms with Gasteiger partial charge in [0.25, 0.3) is 0 Å². The lowest BCUT2D eigenvalue weighted by molar-refractivity contribution is -0.143. The molecular weight excluding hydrogens is 345 g/mol. The summed E-state index contributed by atoms with van der Waals surface area (Å²) in [5, 5.41) is 9.64. The van der Waals surface area contributed by atoms with Crippen LogP contribution < -0.4 is 0 Å². The van der Waals surface area contributed by atoms with E-state index in [0.717, 1.165) is 42.6 Å². The van der Waals surface area contributed by atoms with Crippen LogP contribution in [0.3, 0.4) is 0 Å². The monoisotopic (exact) mass is 369 g/mol. The fourth-order valence-electron chi connectivity index (χ4n) is 4.34. The number of carbonyl (C=O) groups is 1. The Balaban J connectivity index is 1.41. The van der Waals surface area contributed by atoms with Crippen molar-refractivity contribution in [1.29, 1.82) is 0 Å².